The van der Waals surface area contributed by atoms with Gasteiger partial charge in [0, 0.05) is 19.6 Å². The Hall–Kier alpha value is -1.08. The fourth-order valence-electron chi connectivity index (χ4n) is 2.08. The highest BCUT2D eigenvalue weighted by molar-refractivity contribution is 5.82. The number of hydrogen-bond donors (Lipinski definition) is 0. The zero-order valence-electron chi connectivity index (χ0n) is 10.3. The summed E-state index contributed by atoms with van der Waals surface area (Å²) in [6, 6.07) is 1.88. The van der Waals surface area contributed by atoms with Crippen LogP contribution in [0, 0.1) is 11.3 Å². The molecule has 1 fully saturated rings. The third-order valence-corrected chi connectivity index (χ3v) is 3.13. The van der Waals surface area contributed by atoms with Crippen LogP contribution < -0.4 is 0 Å². The van der Waals surface area contributed by atoms with Gasteiger partial charge in [-0.1, -0.05) is 13.3 Å². The molecule has 4 heteroatoms. The van der Waals surface area contributed by atoms with Crippen molar-refractivity contribution in [3.63, 3.8) is 0 Å². The summed E-state index contributed by atoms with van der Waals surface area (Å²) < 4.78 is 0. The first-order valence-corrected chi connectivity index (χ1v) is 6.06. The number of nitrogens with zero attached hydrogens (tertiary/aromatic N) is 3. The van der Waals surface area contributed by atoms with Crippen LogP contribution in [0.2, 0.25) is 0 Å². The number of amides is 1. The molecule has 0 saturated carbocycles. The van der Waals surface area contributed by atoms with Crippen LogP contribution in [0.4, 0.5) is 0 Å². The summed E-state index contributed by atoms with van der Waals surface area (Å²) in [5.74, 6) is 0.134. The van der Waals surface area contributed by atoms with E-state index >= 15 is 0 Å². The van der Waals surface area contributed by atoms with Crippen LogP contribution >= 0.6 is 0 Å². The second-order valence-electron chi connectivity index (χ2n) is 4.39. The van der Waals surface area contributed by atoms with Gasteiger partial charge in [-0.2, -0.15) is 5.26 Å². The van der Waals surface area contributed by atoms with Crippen LogP contribution in [0.1, 0.15) is 32.6 Å². The second-order valence-corrected chi connectivity index (χ2v) is 4.39. The van der Waals surface area contributed by atoms with Crippen LogP contribution in [0.15, 0.2) is 0 Å². The third kappa shape index (κ3) is 3.21. The van der Waals surface area contributed by atoms with E-state index < -0.39 is 0 Å². The van der Waals surface area contributed by atoms with Crippen LogP contribution in [0.3, 0.4) is 0 Å². The van der Waals surface area contributed by atoms with Gasteiger partial charge in [0.1, 0.15) is 6.04 Å². The van der Waals surface area contributed by atoms with Crippen molar-refractivity contribution in [1.29, 1.82) is 5.26 Å². The molecule has 0 aliphatic carbocycles. The van der Waals surface area contributed by atoms with E-state index in [9.17, 15) is 4.79 Å². The van der Waals surface area contributed by atoms with Gasteiger partial charge in [0.15, 0.2) is 0 Å². The monoisotopic (exact) mass is 223 g/mol. The molecular weight excluding hydrogens is 202 g/mol. The minimum absolute atomic E-state index is 0.134. The summed E-state index contributed by atoms with van der Waals surface area (Å²) >= 11 is 0. The molecule has 0 bridgehead atoms. The standard InChI is InChI=1S/C12H21N3O/c1-3-4-9-15-10-5-8-14(2)11(6-7-13)12(15)16/h11H,3-6,8-10H2,1-2H3. The van der Waals surface area contributed by atoms with Gasteiger partial charge in [-0.15, -0.1) is 0 Å². The lowest BCUT2D eigenvalue weighted by Crippen LogP contribution is -2.44. The first-order chi connectivity index (χ1) is 7.70. The van der Waals surface area contributed by atoms with E-state index in [1.165, 1.54) is 0 Å². The SMILES string of the molecule is CCCCN1CCCN(C)C(CC#N)C1=O. The van der Waals surface area contributed by atoms with Gasteiger partial charge in [0.25, 0.3) is 0 Å². The Kier molecular flexibility index (Phi) is 5.27. The molecule has 4 nitrogen and oxygen atoms in total. The number of carbonyl (C=O) groups is 1. The number of likely N-dealkylation sites (N-methyl/N-ethyl adjacent to an activating group) is 1. The van der Waals surface area contributed by atoms with Crippen LogP contribution in [0.5, 0.6) is 0 Å². The van der Waals surface area contributed by atoms with Gasteiger partial charge in [0.05, 0.1) is 12.5 Å². The molecule has 1 aliphatic rings. The Morgan fingerprint density at radius 2 is 2.25 bits per heavy atom. The Labute approximate surface area is 97.8 Å². The Bertz CT molecular complexity index is 270. The van der Waals surface area contributed by atoms with Gasteiger partial charge >= 0.3 is 0 Å². The molecule has 1 saturated heterocycles. The molecule has 90 valence electrons. The summed E-state index contributed by atoms with van der Waals surface area (Å²) in [5, 5.41) is 8.76. The molecule has 16 heavy (non-hydrogen) atoms. The number of hydrogen-bond acceptors (Lipinski definition) is 3. The lowest BCUT2D eigenvalue weighted by molar-refractivity contribution is -0.134. The third-order valence-electron chi connectivity index (χ3n) is 3.13. The molecular formula is C12H21N3O. The lowest BCUT2D eigenvalue weighted by atomic mass is 10.1. The van der Waals surface area contributed by atoms with Crippen molar-refractivity contribution < 1.29 is 4.79 Å². The van der Waals surface area contributed by atoms with E-state index in [-0.39, 0.29) is 11.9 Å². The summed E-state index contributed by atoms with van der Waals surface area (Å²) in [5.41, 5.74) is 0. The molecule has 1 aliphatic heterocycles. The fraction of sp³-hybridized carbons (Fsp3) is 0.833. The average molecular weight is 223 g/mol. The topological polar surface area (TPSA) is 47.3 Å². The largest absolute Gasteiger partial charge is 0.341 e. The molecule has 1 atom stereocenters. The van der Waals surface area contributed by atoms with E-state index in [4.69, 9.17) is 5.26 Å². The van der Waals surface area contributed by atoms with Crippen molar-refractivity contribution >= 4 is 5.91 Å². The normalized spacial score (nSPS) is 22.9. The number of carbonyl (C=O) groups excluding carboxylic acids is 1. The van der Waals surface area contributed by atoms with Crippen molar-refractivity contribution in [3.8, 4) is 6.07 Å². The van der Waals surface area contributed by atoms with Gasteiger partial charge < -0.3 is 4.90 Å². The van der Waals surface area contributed by atoms with Gasteiger partial charge in [-0.3, -0.25) is 9.69 Å². The van der Waals surface area contributed by atoms with E-state index in [1.54, 1.807) is 0 Å². The van der Waals surface area contributed by atoms with Crippen LogP contribution in [0.25, 0.3) is 0 Å². The van der Waals surface area contributed by atoms with Crippen LogP contribution in [-0.4, -0.2) is 48.4 Å². The molecule has 0 aromatic rings. The van der Waals surface area contributed by atoms with Crippen molar-refractivity contribution in [2.24, 2.45) is 0 Å². The molecule has 0 radical (unpaired) electrons. The Morgan fingerprint density at radius 3 is 2.88 bits per heavy atom. The molecule has 0 aromatic carbocycles. The minimum Gasteiger partial charge on any atom is -0.341 e. The first kappa shape index (κ1) is 13.0. The highest BCUT2D eigenvalue weighted by atomic mass is 16.2. The first-order valence-electron chi connectivity index (χ1n) is 6.06. The average Bonchev–Trinajstić information content (AvgIpc) is 2.40. The highest BCUT2D eigenvalue weighted by Gasteiger charge is 2.29. The summed E-state index contributed by atoms with van der Waals surface area (Å²) in [6.45, 7) is 4.71. The summed E-state index contributed by atoms with van der Waals surface area (Å²) in [7, 11) is 1.93. The lowest BCUT2D eigenvalue weighted by Gasteiger charge is -2.26. The molecule has 1 rings (SSSR count). The molecule has 0 spiro atoms. The van der Waals surface area contributed by atoms with Crippen LogP contribution in [-0.2, 0) is 4.79 Å². The van der Waals surface area contributed by atoms with Crippen molar-refractivity contribution in [3.05, 3.63) is 0 Å². The Balaban J connectivity index is 2.66. The van der Waals surface area contributed by atoms with Gasteiger partial charge in [-0.25, -0.2) is 0 Å². The molecule has 0 N–H and O–H groups in total. The molecule has 1 unspecified atom stereocenters. The van der Waals surface area contributed by atoms with Crippen molar-refractivity contribution in [2.75, 3.05) is 26.7 Å². The molecule has 1 heterocycles. The van der Waals surface area contributed by atoms with Gasteiger partial charge in [-0.05, 0) is 19.9 Å². The van der Waals surface area contributed by atoms with Crippen molar-refractivity contribution in [1.82, 2.24) is 9.80 Å². The van der Waals surface area contributed by atoms with Crippen molar-refractivity contribution in [2.45, 2.75) is 38.6 Å². The Morgan fingerprint density at radius 1 is 1.50 bits per heavy atom. The predicted octanol–water partition coefficient (Wildman–Crippen LogP) is 1.23. The maximum atomic E-state index is 12.2. The number of unbranched alkanes of at least 4 members (excludes halogenated alkanes) is 1. The second kappa shape index (κ2) is 6.49. The zero-order valence-corrected chi connectivity index (χ0v) is 10.3. The van der Waals surface area contributed by atoms with Gasteiger partial charge in [0.2, 0.25) is 5.91 Å². The number of nitriles is 1. The highest BCUT2D eigenvalue weighted by Crippen LogP contribution is 2.13. The maximum absolute atomic E-state index is 12.2. The summed E-state index contributed by atoms with van der Waals surface area (Å²) in [6.07, 6.45) is 3.46. The summed E-state index contributed by atoms with van der Waals surface area (Å²) in [4.78, 5) is 16.1. The quantitative estimate of drug-likeness (QED) is 0.720. The fourth-order valence-corrected chi connectivity index (χ4v) is 2.08. The van der Waals surface area contributed by atoms with E-state index in [0.717, 1.165) is 38.9 Å². The van der Waals surface area contributed by atoms with E-state index in [2.05, 4.69) is 13.0 Å². The molecule has 0 aromatic heterocycles. The number of rotatable bonds is 4. The molecule has 1 amide bonds. The smallest absolute Gasteiger partial charge is 0.240 e. The van der Waals surface area contributed by atoms with E-state index in [1.807, 2.05) is 16.8 Å². The minimum atomic E-state index is -0.232. The predicted molar refractivity (Wildman–Crippen MR) is 62.8 cm³/mol. The zero-order chi connectivity index (χ0) is 12.0. The van der Waals surface area contributed by atoms with E-state index in [0.29, 0.717) is 6.42 Å². The maximum Gasteiger partial charge on any atom is 0.240 e.